The summed E-state index contributed by atoms with van der Waals surface area (Å²) in [6, 6.07) is 42.1. The van der Waals surface area contributed by atoms with Crippen LogP contribution in [-0.4, -0.2) is 30.3 Å². The molecule has 0 aliphatic rings. The van der Waals surface area contributed by atoms with E-state index in [1.165, 1.54) is 22.3 Å². The second kappa shape index (κ2) is 13.0. The quantitative estimate of drug-likeness (QED) is 0.251. The Balaban J connectivity index is 1.48. The molecule has 3 N–H and O–H groups in total. The summed E-state index contributed by atoms with van der Waals surface area (Å²) in [5.74, 6) is 0.207. The first kappa shape index (κ1) is 24.9. The Morgan fingerprint density at radius 3 is 1.54 bits per heavy atom. The molecule has 4 rings (SSSR count). The maximum atomic E-state index is 11.3. The van der Waals surface area contributed by atoms with Gasteiger partial charge in [0.2, 0.25) is 0 Å². The molecule has 0 unspecified atom stereocenters. The number of hydrogen-bond donors (Lipinski definition) is 3. The van der Waals surface area contributed by atoms with Crippen molar-refractivity contribution in [1.82, 2.24) is 10.6 Å². The predicted octanol–water partition coefficient (Wildman–Crippen LogP) is 5.73. The van der Waals surface area contributed by atoms with Gasteiger partial charge in [0.1, 0.15) is 0 Å². The molecule has 3 atom stereocenters. The smallest absolute Gasteiger partial charge is 0.0820 e. The number of rotatable bonds is 12. The minimum absolute atomic E-state index is 0.0807. The normalized spacial score (nSPS) is 13.9. The summed E-state index contributed by atoms with van der Waals surface area (Å²) < 4.78 is 0. The fourth-order valence-corrected chi connectivity index (χ4v) is 4.58. The Morgan fingerprint density at radius 1 is 0.571 bits per heavy atom. The fourth-order valence-electron chi connectivity index (χ4n) is 4.58. The molecule has 0 spiro atoms. The summed E-state index contributed by atoms with van der Waals surface area (Å²) in [4.78, 5) is 0. The molecular weight excluding hydrogens is 428 g/mol. The van der Waals surface area contributed by atoms with Crippen LogP contribution in [0.3, 0.4) is 0 Å². The number of benzene rings is 4. The lowest BCUT2D eigenvalue weighted by Gasteiger charge is -2.29. The highest BCUT2D eigenvalue weighted by atomic mass is 16.3. The van der Waals surface area contributed by atoms with Crippen molar-refractivity contribution in [2.45, 2.75) is 37.5 Å². The Labute approximate surface area is 209 Å². The third-order valence-electron chi connectivity index (χ3n) is 6.68. The molecule has 0 heterocycles. The number of nitrogens with one attached hydrogen (secondary N) is 2. The topological polar surface area (TPSA) is 44.3 Å². The Hall–Kier alpha value is -3.24. The van der Waals surface area contributed by atoms with Crippen LogP contribution in [0, 0.1) is 0 Å². The van der Waals surface area contributed by atoms with Crippen LogP contribution in [0.15, 0.2) is 121 Å². The highest BCUT2D eigenvalue weighted by Crippen LogP contribution is 2.24. The minimum Gasteiger partial charge on any atom is -0.390 e. The maximum Gasteiger partial charge on any atom is 0.0820 e. The second-order valence-corrected chi connectivity index (χ2v) is 9.19. The van der Waals surface area contributed by atoms with Gasteiger partial charge in [-0.05, 0) is 35.6 Å². The Kier molecular flexibility index (Phi) is 9.24. The van der Waals surface area contributed by atoms with E-state index >= 15 is 0 Å². The van der Waals surface area contributed by atoms with Crippen molar-refractivity contribution >= 4 is 0 Å². The molecular formula is C32H36N2O. The van der Waals surface area contributed by atoms with E-state index in [4.69, 9.17) is 0 Å². The van der Waals surface area contributed by atoms with Crippen LogP contribution < -0.4 is 10.6 Å². The molecule has 4 aromatic rings. The average Bonchev–Trinajstić information content (AvgIpc) is 2.93. The molecule has 4 aromatic carbocycles. The van der Waals surface area contributed by atoms with E-state index in [2.05, 4.69) is 127 Å². The van der Waals surface area contributed by atoms with Crippen LogP contribution in [0.5, 0.6) is 0 Å². The van der Waals surface area contributed by atoms with Crippen LogP contribution >= 0.6 is 0 Å². The lowest BCUT2D eigenvalue weighted by Crippen LogP contribution is -2.48. The van der Waals surface area contributed by atoms with Crippen LogP contribution in [0.25, 0.3) is 0 Å². The number of aliphatic hydroxyl groups is 1. The van der Waals surface area contributed by atoms with E-state index in [-0.39, 0.29) is 18.0 Å². The predicted molar refractivity (Wildman–Crippen MR) is 146 cm³/mol. The molecule has 0 amide bonds. The monoisotopic (exact) mass is 464 g/mol. The largest absolute Gasteiger partial charge is 0.390 e. The molecule has 35 heavy (non-hydrogen) atoms. The minimum atomic E-state index is -0.534. The molecule has 0 saturated carbocycles. The summed E-state index contributed by atoms with van der Waals surface area (Å²) in [5, 5.41) is 18.6. The van der Waals surface area contributed by atoms with Gasteiger partial charge in [-0.25, -0.2) is 0 Å². The van der Waals surface area contributed by atoms with Crippen molar-refractivity contribution in [2.75, 3.05) is 13.1 Å². The Morgan fingerprint density at radius 2 is 1.03 bits per heavy atom. The third-order valence-corrected chi connectivity index (χ3v) is 6.68. The highest BCUT2D eigenvalue weighted by Gasteiger charge is 2.23. The standard InChI is InChI=1S/C32H36N2O/c1-25(27-16-8-3-9-17-27)33-24-32(35)31(22-26-14-6-2-7-15-26)34-23-30(28-18-10-4-11-19-28)29-20-12-5-13-21-29/h2-21,25,30-35H,22-24H2,1H3/t25-,31-,32+/m0/s1. The van der Waals surface area contributed by atoms with E-state index in [1.54, 1.807) is 0 Å². The molecule has 3 heteroatoms. The summed E-state index contributed by atoms with van der Waals surface area (Å²) in [6.07, 6.45) is 0.230. The average molecular weight is 465 g/mol. The highest BCUT2D eigenvalue weighted by molar-refractivity contribution is 5.33. The van der Waals surface area contributed by atoms with Crippen LogP contribution in [-0.2, 0) is 6.42 Å². The van der Waals surface area contributed by atoms with Gasteiger partial charge in [-0.3, -0.25) is 0 Å². The van der Waals surface area contributed by atoms with E-state index in [0.717, 1.165) is 13.0 Å². The van der Waals surface area contributed by atoms with Gasteiger partial charge in [0.15, 0.2) is 0 Å². The summed E-state index contributed by atoms with van der Waals surface area (Å²) in [7, 11) is 0. The van der Waals surface area contributed by atoms with Crippen molar-refractivity contribution in [3.8, 4) is 0 Å². The molecule has 0 fully saturated rings. The summed E-state index contributed by atoms with van der Waals surface area (Å²) >= 11 is 0. The van der Waals surface area contributed by atoms with Crippen LogP contribution in [0.1, 0.15) is 41.1 Å². The molecule has 0 bridgehead atoms. The summed E-state index contributed by atoms with van der Waals surface area (Å²) in [5.41, 5.74) is 4.99. The van der Waals surface area contributed by atoms with Crippen LogP contribution in [0.2, 0.25) is 0 Å². The molecule has 0 saturated heterocycles. The second-order valence-electron chi connectivity index (χ2n) is 9.19. The molecule has 0 radical (unpaired) electrons. The summed E-state index contributed by atoms with van der Waals surface area (Å²) in [6.45, 7) is 3.40. The van der Waals surface area contributed by atoms with Crippen molar-refractivity contribution in [3.05, 3.63) is 144 Å². The first-order valence-electron chi connectivity index (χ1n) is 12.5. The molecule has 180 valence electrons. The van der Waals surface area contributed by atoms with Gasteiger partial charge in [-0.2, -0.15) is 0 Å². The van der Waals surface area contributed by atoms with E-state index < -0.39 is 6.10 Å². The fraction of sp³-hybridized carbons (Fsp3) is 0.250. The first-order chi connectivity index (χ1) is 17.2. The van der Waals surface area contributed by atoms with Gasteiger partial charge in [0.25, 0.3) is 0 Å². The third kappa shape index (κ3) is 7.37. The molecule has 0 aromatic heterocycles. The van der Waals surface area contributed by atoms with Crippen molar-refractivity contribution in [2.24, 2.45) is 0 Å². The van der Waals surface area contributed by atoms with Gasteiger partial charge in [-0.15, -0.1) is 0 Å². The maximum absolute atomic E-state index is 11.3. The Bertz CT molecular complexity index is 1060. The molecule has 3 nitrogen and oxygen atoms in total. The van der Waals surface area contributed by atoms with Crippen molar-refractivity contribution in [1.29, 1.82) is 0 Å². The zero-order chi connectivity index (χ0) is 24.3. The van der Waals surface area contributed by atoms with Gasteiger partial charge < -0.3 is 15.7 Å². The zero-order valence-corrected chi connectivity index (χ0v) is 20.4. The van der Waals surface area contributed by atoms with Crippen LogP contribution in [0.4, 0.5) is 0 Å². The van der Waals surface area contributed by atoms with Gasteiger partial charge >= 0.3 is 0 Å². The SMILES string of the molecule is C[C@H](NC[C@@H](O)[C@H](Cc1ccccc1)NCC(c1ccccc1)c1ccccc1)c1ccccc1. The lowest BCUT2D eigenvalue weighted by molar-refractivity contribution is 0.121. The number of aliphatic hydroxyl groups excluding tert-OH is 1. The zero-order valence-electron chi connectivity index (χ0n) is 20.4. The van der Waals surface area contributed by atoms with E-state index in [9.17, 15) is 5.11 Å². The van der Waals surface area contributed by atoms with Gasteiger partial charge in [0.05, 0.1) is 6.10 Å². The van der Waals surface area contributed by atoms with E-state index in [0.29, 0.717) is 6.54 Å². The first-order valence-corrected chi connectivity index (χ1v) is 12.5. The van der Waals surface area contributed by atoms with E-state index in [1.807, 2.05) is 12.1 Å². The molecule has 0 aliphatic heterocycles. The number of hydrogen-bond acceptors (Lipinski definition) is 3. The van der Waals surface area contributed by atoms with Crippen molar-refractivity contribution in [3.63, 3.8) is 0 Å². The van der Waals surface area contributed by atoms with Gasteiger partial charge in [0, 0.05) is 31.1 Å². The van der Waals surface area contributed by atoms with Crippen molar-refractivity contribution < 1.29 is 5.11 Å². The van der Waals surface area contributed by atoms with Gasteiger partial charge in [-0.1, -0.05) is 121 Å². The molecule has 0 aliphatic carbocycles. The lowest BCUT2D eigenvalue weighted by atomic mass is 9.90.